The van der Waals surface area contributed by atoms with Crippen LogP contribution in [0.1, 0.15) is 11.1 Å². The summed E-state index contributed by atoms with van der Waals surface area (Å²) in [5.41, 5.74) is 5.86. The van der Waals surface area contributed by atoms with Crippen LogP contribution in [0.25, 0.3) is 22.2 Å². The van der Waals surface area contributed by atoms with Crippen LogP contribution in [0.3, 0.4) is 0 Å². The van der Waals surface area contributed by atoms with Crippen molar-refractivity contribution in [3.05, 3.63) is 53.6 Å². The van der Waals surface area contributed by atoms with Crippen LogP contribution >= 0.6 is 0 Å². The second-order valence-electron chi connectivity index (χ2n) is 6.21. The summed E-state index contributed by atoms with van der Waals surface area (Å²) in [6, 6.07) is 15.2. The summed E-state index contributed by atoms with van der Waals surface area (Å²) in [6.45, 7) is 6.81. The van der Waals surface area contributed by atoms with Gasteiger partial charge in [0.25, 0.3) is 0 Å². The lowest BCUT2D eigenvalue weighted by atomic mass is 10.0. The van der Waals surface area contributed by atoms with E-state index < -0.39 is 0 Å². The van der Waals surface area contributed by atoms with Crippen molar-refractivity contribution in [1.82, 2.24) is 15.1 Å². The van der Waals surface area contributed by atoms with E-state index in [1.807, 2.05) is 0 Å². The topological polar surface area (TPSA) is 41.1 Å². The molecule has 118 valence electrons. The molecule has 1 saturated heterocycles. The molecule has 0 aliphatic carbocycles. The largest absolute Gasteiger partial charge is 0.379 e. The smallest absolute Gasteiger partial charge is 0.0999 e. The fraction of sp³-hybridized carbons (Fsp3) is 0.316. The van der Waals surface area contributed by atoms with Crippen molar-refractivity contribution < 1.29 is 4.74 Å². The number of ether oxygens (including phenoxy) is 1. The fourth-order valence-electron chi connectivity index (χ4n) is 3.14. The van der Waals surface area contributed by atoms with Crippen molar-refractivity contribution in [1.29, 1.82) is 0 Å². The minimum atomic E-state index is 0.844. The van der Waals surface area contributed by atoms with Gasteiger partial charge in [0.2, 0.25) is 0 Å². The number of H-pyrrole nitrogens is 1. The maximum atomic E-state index is 5.40. The van der Waals surface area contributed by atoms with Gasteiger partial charge in [-0.2, -0.15) is 5.10 Å². The Balaban J connectivity index is 1.57. The third kappa shape index (κ3) is 3.00. The lowest BCUT2D eigenvalue weighted by Crippen LogP contribution is -2.35. The maximum absolute atomic E-state index is 5.40. The zero-order valence-corrected chi connectivity index (χ0v) is 13.4. The average molecular weight is 307 g/mol. The standard InChI is InChI=1S/C19H21N3O/c1-14-2-7-17-18(12-14)20-21-19(17)16-5-3-15(4-6-16)13-22-8-10-23-11-9-22/h2-7,12H,8-11,13H2,1H3,(H,20,21). The van der Waals surface area contributed by atoms with Crippen LogP contribution in [-0.2, 0) is 11.3 Å². The summed E-state index contributed by atoms with van der Waals surface area (Å²) < 4.78 is 5.40. The van der Waals surface area contributed by atoms with Crippen molar-refractivity contribution in [3.63, 3.8) is 0 Å². The molecule has 1 fully saturated rings. The van der Waals surface area contributed by atoms with E-state index in [1.54, 1.807) is 0 Å². The number of morpholine rings is 1. The third-order valence-electron chi connectivity index (χ3n) is 4.46. The van der Waals surface area contributed by atoms with Gasteiger partial charge in [-0.15, -0.1) is 0 Å². The quantitative estimate of drug-likeness (QED) is 0.806. The summed E-state index contributed by atoms with van der Waals surface area (Å²) in [5.74, 6) is 0. The van der Waals surface area contributed by atoms with Gasteiger partial charge in [0.1, 0.15) is 0 Å². The number of nitrogens with zero attached hydrogens (tertiary/aromatic N) is 2. The monoisotopic (exact) mass is 307 g/mol. The van der Waals surface area contributed by atoms with Crippen LogP contribution in [-0.4, -0.2) is 41.4 Å². The SMILES string of the molecule is Cc1ccc2c(-c3ccc(CN4CCOCC4)cc3)n[nH]c2c1. The lowest BCUT2D eigenvalue weighted by Gasteiger charge is -2.26. The average Bonchev–Trinajstić information content (AvgIpc) is 2.99. The van der Waals surface area contributed by atoms with Crippen molar-refractivity contribution in [3.8, 4) is 11.3 Å². The van der Waals surface area contributed by atoms with E-state index in [0.717, 1.165) is 49.6 Å². The normalized spacial score (nSPS) is 16.0. The molecule has 1 aromatic heterocycles. The first-order valence-corrected chi connectivity index (χ1v) is 8.14. The number of benzene rings is 2. The summed E-state index contributed by atoms with van der Waals surface area (Å²) in [7, 11) is 0. The van der Waals surface area contributed by atoms with E-state index in [2.05, 4.69) is 64.5 Å². The molecule has 1 aliphatic rings. The summed E-state index contributed by atoms with van der Waals surface area (Å²) >= 11 is 0. The highest BCUT2D eigenvalue weighted by molar-refractivity contribution is 5.93. The molecule has 0 radical (unpaired) electrons. The molecule has 0 spiro atoms. The summed E-state index contributed by atoms with van der Waals surface area (Å²) in [5, 5.41) is 8.81. The highest BCUT2D eigenvalue weighted by atomic mass is 16.5. The number of nitrogens with one attached hydrogen (secondary N) is 1. The van der Waals surface area contributed by atoms with Crippen molar-refractivity contribution in [2.45, 2.75) is 13.5 Å². The molecule has 2 heterocycles. The van der Waals surface area contributed by atoms with Gasteiger partial charge in [-0.3, -0.25) is 10.00 Å². The Labute approximate surface area is 136 Å². The number of rotatable bonds is 3. The first-order valence-electron chi connectivity index (χ1n) is 8.14. The van der Waals surface area contributed by atoms with Gasteiger partial charge in [0.05, 0.1) is 24.4 Å². The van der Waals surface area contributed by atoms with Crippen molar-refractivity contribution in [2.24, 2.45) is 0 Å². The zero-order chi connectivity index (χ0) is 15.6. The predicted molar refractivity (Wildman–Crippen MR) is 92.4 cm³/mol. The Kier molecular flexibility index (Phi) is 3.85. The molecule has 0 saturated carbocycles. The van der Waals surface area contributed by atoms with Crippen molar-refractivity contribution >= 4 is 10.9 Å². The Morgan fingerprint density at radius 2 is 1.87 bits per heavy atom. The first-order chi connectivity index (χ1) is 11.3. The van der Waals surface area contributed by atoms with Crippen LogP contribution < -0.4 is 0 Å². The molecule has 0 atom stereocenters. The molecule has 0 bridgehead atoms. The number of aromatic nitrogens is 2. The molecule has 4 nitrogen and oxygen atoms in total. The highest BCUT2D eigenvalue weighted by Crippen LogP contribution is 2.27. The van der Waals surface area contributed by atoms with E-state index in [4.69, 9.17) is 4.74 Å². The van der Waals surface area contributed by atoms with E-state index >= 15 is 0 Å². The maximum Gasteiger partial charge on any atom is 0.0999 e. The second-order valence-corrected chi connectivity index (χ2v) is 6.21. The van der Waals surface area contributed by atoms with Gasteiger partial charge in [-0.1, -0.05) is 36.4 Å². The minimum Gasteiger partial charge on any atom is -0.379 e. The van der Waals surface area contributed by atoms with Crippen LogP contribution in [0.2, 0.25) is 0 Å². The Morgan fingerprint density at radius 1 is 1.09 bits per heavy atom. The van der Waals surface area contributed by atoms with Gasteiger partial charge in [0.15, 0.2) is 0 Å². The first kappa shape index (κ1) is 14.4. The van der Waals surface area contributed by atoms with Crippen molar-refractivity contribution in [2.75, 3.05) is 26.3 Å². The van der Waals surface area contributed by atoms with Gasteiger partial charge in [-0.25, -0.2) is 0 Å². The van der Waals surface area contributed by atoms with E-state index in [-0.39, 0.29) is 0 Å². The lowest BCUT2D eigenvalue weighted by molar-refractivity contribution is 0.0342. The Hall–Kier alpha value is -2.17. The molecule has 2 aromatic carbocycles. The second kappa shape index (κ2) is 6.14. The van der Waals surface area contributed by atoms with E-state index in [0.29, 0.717) is 0 Å². The molecule has 4 rings (SSSR count). The molecule has 4 heteroatoms. The predicted octanol–water partition coefficient (Wildman–Crippen LogP) is 3.37. The number of aryl methyl sites for hydroxylation is 1. The summed E-state index contributed by atoms with van der Waals surface area (Å²) in [6.07, 6.45) is 0. The molecular formula is C19H21N3O. The molecule has 0 amide bonds. The number of aromatic amines is 1. The fourth-order valence-corrected chi connectivity index (χ4v) is 3.14. The van der Waals surface area contributed by atoms with Crippen LogP contribution in [0.5, 0.6) is 0 Å². The number of hydrogen-bond donors (Lipinski definition) is 1. The molecule has 1 aliphatic heterocycles. The van der Waals surface area contributed by atoms with Crippen LogP contribution in [0.15, 0.2) is 42.5 Å². The third-order valence-corrected chi connectivity index (χ3v) is 4.46. The number of fused-ring (bicyclic) bond motifs is 1. The van der Waals surface area contributed by atoms with Crippen LogP contribution in [0.4, 0.5) is 0 Å². The molecule has 0 unspecified atom stereocenters. The molecular weight excluding hydrogens is 286 g/mol. The Morgan fingerprint density at radius 3 is 2.65 bits per heavy atom. The van der Waals surface area contributed by atoms with Crippen LogP contribution in [0, 0.1) is 6.92 Å². The van der Waals surface area contributed by atoms with Gasteiger partial charge in [0, 0.05) is 30.6 Å². The van der Waals surface area contributed by atoms with E-state index in [9.17, 15) is 0 Å². The summed E-state index contributed by atoms with van der Waals surface area (Å²) in [4.78, 5) is 2.44. The van der Waals surface area contributed by atoms with E-state index in [1.165, 1.54) is 16.5 Å². The minimum absolute atomic E-state index is 0.844. The van der Waals surface area contributed by atoms with Gasteiger partial charge < -0.3 is 4.74 Å². The Bertz CT molecular complexity index is 801. The molecule has 23 heavy (non-hydrogen) atoms. The van der Waals surface area contributed by atoms with Gasteiger partial charge >= 0.3 is 0 Å². The van der Waals surface area contributed by atoms with Gasteiger partial charge in [-0.05, 0) is 24.1 Å². The zero-order valence-electron chi connectivity index (χ0n) is 13.4. The number of hydrogen-bond acceptors (Lipinski definition) is 3. The molecule has 3 aromatic rings. The molecule has 1 N–H and O–H groups in total. The highest BCUT2D eigenvalue weighted by Gasteiger charge is 2.12.